The molecule has 0 unspecified atom stereocenters. The van der Waals surface area contributed by atoms with Crippen LogP contribution < -0.4 is 5.73 Å². The van der Waals surface area contributed by atoms with Crippen LogP contribution in [0, 0.1) is 19.7 Å². The van der Waals surface area contributed by atoms with Crippen molar-refractivity contribution in [3.05, 3.63) is 64.7 Å². The maximum Gasteiger partial charge on any atom is 0.123 e. The molecule has 0 atom stereocenters. The lowest BCUT2D eigenvalue weighted by Gasteiger charge is -2.10. The largest absolute Gasteiger partial charge is 0.326 e. The number of rotatable bonds is 3. The molecule has 108 valence electrons. The molecule has 3 rings (SSSR count). The number of halogens is 1. The number of aromatic nitrogens is 2. The van der Waals surface area contributed by atoms with E-state index >= 15 is 0 Å². The summed E-state index contributed by atoms with van der Waals surface area (Å²) in [5.41, 5.74) is 12.1. The van der Waals surface area contributed by atoms with Crippen molar-refractivity contribution in [2.24, 2.45) is 5.73 Å². The number of fused-ring (bicyclic) bond motifs is 1. The number of benzene rings is 2. The molecule has 4 heteroatoms. The molecule has 0 saturated heterocycles. The summed E-state index contributed by atoms with van der Waals surface area (Å²) < 4.78 is 15.4. The number of imidazole rings is 1. The first-order chi connectivity index (χ1) is 10.1. The summed E-state index contributed by atoms with van der Waals surface area (Å²) in [7, 11) is 0. The van der Waals surface area contributed by atoms with E-state index < -0.39 is 0 Å². The molecule has 1 heterocycles. The summed E-state index contributed by atoms with van der Waals surface area (Å²) in [6.45, 7) is 5.15. The monoisotopic (exact) mass is 283 g/mol. The highest BCUT2D eigenvalue weighted by Gasteiger charge is 2.08. The van der Waals surface area contributed by atoms with E-state index in [4.69, 9.17) is 5.73 Å². The van der Waals surface area contributed by atoms with Crippen LogP contribution in [0.15, 0.2) is 36.7 Å². The van der Waals surface area contributed by atoms with E-state index in [9.17, 15) is 4.39 Å². The van der Waals surface area contributed by atoms with Crippen molar-refractivity contribution in [2.75, 3.05) is 0 Å². The average molecular weight is 283 g/mol. The van der Waals surface area contributed by atoms with E-state index in [0.717, 1.165) is 22.2 Å². The summed E-state index contributed by atoms with van der Waals surface area (Å²) in [6.07, 6.45) is 1.83. The zero-order valence-electron chi connectivity index (χ0n) is 12.2. The SMILES string of the molecule is Cc1cc2ncn(Cc3ccc(F)cc3CN)c2cc1C. The predicted octanol–water partition coefficient (Wildman–Crippen LogP) is 3.30. The highest BCUT2D eigenvalue weighted by Crippen LogP contribution is 2.20. The average Bonchev–Trinajstić information content (AvgIpc) is 2.83. The van der Waals surface area contributed by atoms with E-state index in [0.29, 0.717) is 13.1 Å². The van der Waals surface area contributed by atoms with Gasteiger partial charge in [0.05, 0.1) is 17.4 Å². The highest BCUT2D eigenvalue weighted by atomic mass is 19.1. The molecule has 0 fully saturated rings. The third-order valence-electron chi connectivity index (χ3n) is 3.97. The van der Waals surface area contributed by atoms with E-state index in [1.807, 2.05) is 6.33 Å². The van der Waals surface area contributed by atoms with Crippen LogP contribution in [-0.4, -0.2) is 9.55 Å². The minimum absolute atomic E-state index is 0.249. The van der Waals surface area contributed by atoms with Crippen molar-refractivity contribution in [3.8, 4) is 0 Å². The van der Waals surface area contributed by atoms with Gasteiger partial charge in [0.2, 0.25) is 0 Å². The van der Waals surface area contributed by atoms with Gasteiger partial charge < -0.3 is 10.3 Å². The molecule has 0 bridgehead atoms. The molecule has 0 saturated carbocycles. The topological polar surface area (TPSA) is 43.8 Å². The molecule has 0 amide bonds. The fourth-order valence-corrected chi connectivity index (χ4v) is 2.56. The summed E-state index contributed by atoms with van der Waals surface area (Å²) in [4.78, 5) is 4.45. The Morgan fingerprint density at radius 2 is 1.86 bits per heavy atom. The third-order valence-corrected chi connectivity index (χ3v) is 3.97. The van der Waals surface area contributed by atoms with Crippen molar-refractivity contribution >= 4 is 11.0 Å². The Labute approximate surface area is 123 Å². The first-order valence-corrected chi connectivity index (χ1v) is 6.98. The number of hydrogen-bond acceptors (Lipinski definition) is 2. The van der Waals surface area contributed by atoms with Gasteiger partial charge in [0.25, 0.3) is 0 Å². The van der Waals surface area contributed by atoms with E-state index in [2.05, 4.69) is 35.5 Å². The molecule has 0 radical (unpaired) electrons. The van der Waals surface area contributed by atoms with Crippen LogP contribution in [0.5, 0.6) is 0 Å². The summed E-state index contributed by atoms with van der Waals surface area (Å²) in [5.74, 6) is -0.249. The molecule has 1 aromatic heterocycles. The van der Waals surface area contributed by atoms with Crippen LogP contribution in [0.25, 0.3) is 11.0 Å². The van der Waals surface area contributed by atoms with Gasteiger partial charge in [-0.1, -0.05) is 6.07 Å². The van der Waals surface area contributed by atoms with Crippen molar-refractivity contribution in [1.29, 1.82) is 0 Å². The maximum absolute atomic E-state index is 13.3. The molecule has 0 aliphatic heterocycles. The second kappa shape index (κ2) is 5.30. The molecule has 21 heavy (non-hydrogen) atoms. The van der Waals surface area contributed by atoms with Crippen LogP contribution in [0.1, 0.15) is 22.3 Å². The van der Waals surface area contributed by atoms with Gasteiger partial charge >= 0.3 is 0 Å². The maximum atomic E-state index is 13.3. The molecule has 3 aromatic rings. The lowest BCUT2D eigenvalue weighted by Crippen LogP contribution is -2.06. The number of nitrogens with zero attached hydrogens (tertiary/aromatic N) is 2. The van der Waals surface area contributed by atoms with Gasteiger partial charge in [0, 0.05) is 13.1 Å². The van der Waals surface area contributed by atoms with Crippen molar-refractivity contribution in [2.45, 2.75) is 26.9 Å². The van der Waals surface area contributed by atoms with Crippen LogP contribution in [0.4, 0.5) is 4.39 Å². The number of nitrogens with two attached hydrogens (primary N) is 1. The number of aryl methyl sites for hydroxylation is 2. The van der Waals surface area contributed by atoms with Gasteiger partial charge in [-0.3, -0.25) is 0 Å². The Hall–Kier alpha value is -2.20. The zero-order valence-corrected chi connectivity index (χ0v) is 12.2. The smallest absolute Gasteiger partial charge is 0.123 e. The first kappa shape index (κ1) is 13.8. The molecule has 0 spiro atoms. The van der Waals surface area contributed by atoms with Gasteiger partial charge in [0.15, 0.2) is 0 Å². The Bertz CT molecular complexity index is 805. The Morgan fingerprint density at radius 3 is 2.62 bits per heavy atom. The normalized spacial score (nSPS) is 11.2. The number of hydrogen-bond donors (Lipinski definition) is 1. The minimum Gasteiger partial charge on any atom is -0.326 e. The Morgan fingerprint density at radius 1 is 1.10 bits per heavy atom. The second-order valence-corrected chi connectivity index (χ2v) is 5.41. The molecular formula is C17H18FN3. The van der Waals surface area contributed by atoms with E-state index in [1.165, 1.54) is 23.3 Å². The van der Waals surface area contributed by atoms with Crippen LogP contribution in [0.2, 0.25) is 0 Å². The fourth-order valence-electron chi connectivity index (χ4n) is 2.56. The predicted molar refractivity (Wildman–Crippen MR) is 82.6 cm³/mol. The van der Waals surface area contributed by atoms with Crippen LogP contribution >= 0.6 is 0 Å². The lowest BCUT2D eigenvalue weighted by molar-refractivity contribution is 0.623. The van der Waals surface area contributed by atoms with Gasteiger partial charge in [-0.05, 0) is 60.4 Å². The lowest BCUT2D eigenvalue weighted by atomic mass is 10.1. The molecule has 2 aromatic carbocycles. The van der Waals surface area contributed by atoms with Crippen LogP contribution in [0.3, 0.4) is 0 Å². The molecule has 2 N–H and O–H groups in total. The quantitative estimate of drug-likeness (QED) is 0.801. The van der Waals surface area contributed by atoms with E-state index in [1.54, 1.807) is 6.07 Å². The zero-order chi connectivity index (χ0) is 15.0. The Balaban J connectivity index is 2.04. The Kier molecular flexibility index (Phi) is 3.47. The summed E-state index contributed by atoms with van der Waals surface area (Å²) in [5, 5.41) is 0. The summed E-state index contributed by atoms with van der Waals surface area (Å²) >= 11 is 0. The standard InChI is InChI=1S/C17H18FN3/c1-11-5-16-17(6-12(11)2)21(10-20-16)9-13-3-4-15(18)7-14(13)8-19/h3-7,10H,8-9,19H2,1-2H3. The van der Waals surface area contributed by atoms with Gasteiger partial charge in [-0.15, -0.1) is 0 Å². The fraction of sp³-hybridized carbons (Fsp3) is 0.235. The van der Waals surface area contributed by atoms with E-state index in [-0.39, 0.29) is 5.82 Å². The summed E-state index contributed by atoms with van der Waals surface area (Å²) in [6, 6.07) is 9.01. The highest BCUT2D eigenvalue weighted by molar-refractivity contribution is 5.77. The van der Waals surface area contributed by atoms with Crippen molar-refractivity contribution < 1.29 is 4.39 Å². The second-order valence-electron chi connectivity index (χ2n) is 5.41. The van der Waals surface area contributed by atoms with Crippen molar-refractivity contribution in [3.63, 3.8) is 0 Å². The minimum atomic E-state index is -0.249. The molecule has 0 aliphatic rings. The first-order valence-electron chi connectivity index (χ1n) is 6.98. The van der Waals surface area contributed by atoms with Gasteiger partial charge in [0.1, 0.15) is 5.82 Å². The van der Waals surface area contributed by atoms with Crippen LogP contribution in [-0.2, 0) is 13.1 Å². The molecular weight excluding hydrogens is 265 g/mol. The van der Waals surface area contributed by atoms with Crippen molar-refractivity contribution in [1.82, 2.24) is 9.55 Å². The molecule has 3 nitrogen and oxygen atoms in total. The molecule has 0 aliphatic carbocycles. The van der Waals surface area contributed by atoms with Gasteiger partial charge in [-0.25, -0.2) is 9.37 Å². The van der Waals surface area contributed by atoms with Gasteiger partial charge in [-0.2, -0.15) is 0 Å². The third kappa shape index (κ3) is 2.54.